The smallest absolute Gasteiger partial charge is 0.342 e. The lowest BCUT2D eigenvalue weighted by Crippen LogP contribution is -2.46. The summed E-state index contributed by atoms with van der Waals surface area (Å²) in [5, 5.41) is 29.0. The van der Waals surface area contributed by atoms with E-state index < -0.39 is 11.9 Å². The molecule has 17 nitrogen and oxygen atoms in total. The molecule has 0 aliphatic carbocycles. The molecule has 2 N–H and O–H groups in total. The van der Waals surface area contributed by atoms with Crippen molar-refractivity contribution in [2.75, 3.05) is 92.9 Å². The summed E-state index contributed by atoms with van der Waals surface area (Å²) >= 11 is 0. The van der Waals surface area contributed by atoms with Crippen LogP contribution in [0.2, 0.25) is 0 Å². The van der Waals surface area contributed by atoms with Gasteiger partial charge in [0.15, 0.2) is 0 Å². The lowest BCUT2D eigenvalue weighted by atomic mass is 9.89. The number of aromatic nitrogens is 2. The van der Waals surface area contributed by atoms with E-state index in [1.54, 1.807) is 64.6 Å². The van der Waals surface area contributed by atoms with Crippen molar-refractivity contribution in [3.05, 3.63) is 202 Å². The second-order valence-corrected chi connectivity index (χ2v) is 23.0. The van der Waals surface area contributed by atoms with E-state index in [1.165, 1.54) is 12.1 Å². The monoisotopic (exact) mass is 1220 g/mol. The van der Waals surface area contributed by atoms with E-state index in [1.807, 2.05) is 91.0 Å². The van der Waals surface area contributed by atoms with Gasteiger partial charge in [-0.2, -0.15) is 0 Å². The van der Waals surface area contributed by atoms with Crippen LogP contribution < -0.4 is 9.47 Å². The number of likely N-dealkylation sites (N-methyl/N-ethyl adjacent to an activating group) is 2. The average molecular weight is 1220 g/mol. The van der Waals surface area contributed by atoms with E-state index in [-0.39, 0.29) is 42.6 Å². The Kier molecular flexibility index (Phi) is 18.1. The summed E-state index contributed by atoms with van der Waals surface area (Å²) < 4.78 is 55.3. The number of rotatable bonds is 18. The van der Waals surface area contributed by atoms with Gasteiger partial charge in [0, 0.05) is 139 Å². The van der Waals surface area contributed by atoms with Gasteiger partial charge in [0.1, 0.15) is 74.0 Å². The normalized spacial score (nSPS) is 15.1. The molecular weight excluding hydrogens is 1140 g/mol. The lowest BCUT2D eigenvalue weighted by molar-refractivity contribution is 0.0516. The first-order valence-corrected chi connectivity index (χ1v) is 30.7. The zero-order chi connectivity index (χ0) is 62.6. The predicted molar refractivity (Wildman–Crippen MR) is 343 cm³/mol. The standard InChI is InChI=1S/C37H37N3O6.C35H36FN3O5/c1-4-43-37(42)31-23(2)45-36-29-22-26(44-20-13-27-21-25-7-5-6-8-30(25)46-27)9-10-28(29)35(41)33(32(31)36)34(24-11-14-38-15-12-24)40-18-16-39(3)17-19-40;1-4-42-35(41)29-22(2)44-34-28-21-26(43-20-13-23-5-7-25(36)8-6-23)9-10-27(28)33(40)31(30(29)34)32(24-11-14-37-15-12-24)39-18-16-38(3)17-19-39/h5-12,14-15,21-22,34,41H,4,13,16-20H2,1-3H3;5-12,14-15,21,32,40H,4,13,16-20H2,1-3H3. The largest absolute Gasteiger partial charge is 0.507 e. The SMILES string of the molecule is CCOC(=O)c1c(C)oc2c1c(C(c1ccncc1)N1CCN(C)CC1)c(O)c1ccc(OCCc3cc4ccccc4o3)cc12.CCOC(=O)c1c(C)oc2c1c(C(c1ccncc1)N1CCN(C)CC1)c(O)c1ccc(OCCc3ccc(F)cc3)cc12. The summed E-state index contributed by atoms with van der Waals surface area (Å²) in [6.07, 6.45) is 8.21. The van der Waals surface area contributed by atoms with Gasteiger partial charge in [-0.05, 0) is 143 Å². The maximum atomic E-state index is 13.5. The Labute approximate surface area is 520 Å². The molecule has 6 aromatic carbocycles. The van der Waals surface area contributed by atoms with Gasteiger partial charge < -0.3 is 52.2 Å². The number of halogens is 1. The van der Waals surface area contributed by atoms with Crippen LogP contribution in [0.5, 0.6) is 23.0 Å². The zero-order valence-electron chi connectivity index (χ0n) is 51.5. The van der Waals surface area contributed by atoms with Crippen LogP contribution in [0.4, 0.5) is 4.39 Å². The Balaban J connectivity index is 0.000000175. The quantitative estimate of drug-likeness (QED) is 0.0771. The van der Waals surface area contributed by atoms with E-state index in [4.69, 9.17) is 32.2 Å². The number of pyridine rings is 2. The van der Waals surface area contributed by atoms with Crippen molar-refractivity contribution in [2.45, 2.75) is 52.6 Å². The minimum atomic E-state index is -0.498. The first-order valence-electron chi connectivity index (χ1n) is 30.7. The number of aryl methyl sites for hydroxylation is 2. The van der Waals surface area contributed by atoms with Gasteiger partial charge in [-0.3, -0.25) is 19.8 Å². The van der Waals surface area contributed by atoms with Gasteiger partial charge in [0.25, 0.3) is 0 Å². The van der Waals surface area contributed by atoms with Gasteiger partial charge >= 0.3 is 11.9 Å². The molecule has 0 radical (unpaired) electrons. The van der Waals surface area contributed by atoms with Crippen molar-refractivity contribution in [1.29, 1.82) is 0 Å². The number of para-hydroxylation sites is 1. The number of carbonyl (C=O) groups excluding carboxylic acids is 2. The number of nitrogens with zero attached hydrogens (tertiary/aromatic N) is 6. The van der Waals surface area contributed by atoms with Gasteiger partial charge in [0.2, 0.25) is 0 Å². The predicted octanol–water partition coefficient (Wildman–Crippen LogP) is 13.1. The third-order valence-electron chi connectivity index (χ3n) is 17.2. The molecule has 2 atom stereocenters. The Hall–Kier alpha value is -9.33. The second-order valence-electron chi connectivity index (χ2n) is 23.0. The van der Waals surface area contributed by atoms with Crippen molar-refractivity contribution in [2.24, 2.45) is 0 Å². The molecule has 2 unspecified atom stereocenters. The molecule has 11 aromatic rings. The number of phenolic OH excluding ortho intramolecular Hbond substituents is 2. The minimum Gasteiger partial charge on any atom is -0.507 e. The van der Waals surface area contributed by atoms with Crippen molar-refractivity contribution in [3.8, 4) is 23.0 Å². The van der Waals surface area contributed by atoms with Crippen molar-refractivity contribution in [1.82, 2.24) is 29.6 Å². The third-order valence-corrected chi connectivity index (χ3v) is 17.2. The Morgan fingerprint density at radius 3 is 1.47 bits per heavy atom. The molecule has 2 saturated heterocycles. The lowest BCUT2D eigenvalue weighted by Gasteiger charge is -2.39. The molecule has 7 heterocycles. The Morgan fingerprint density at radius 1 is 0.556 bits per heavy atom. The van der Waals surface area contributed by atoms with Crippen molar-refractivity contribution < 1.29 is 56.4 Å². The molecule has 90 heavy (non-hydrogen) atoms. The van der Waals surface area contributed by atoms with Crippen molar-refractivity contribution >= 4 is 66.4 Å². The number of hydrogen-bond acceptors (Lipinski definition) is 17. The molecular formula is C72H73FN6O11. The van der Waals surface area contributed by atoms with E-state index >= 15 is 0 Å². The molecule has 0 bridgehead atoms. The Morgan fingerprint density at radius 2 is 1.01 bits per heavy atom. The number of fused-ring (bicyclic) bond motifs is 7. The molecule has 18 heteroatoms. The highest BCUT2D eigenvalue weighted by atomic mass is 19.1. The Bertz CT molecular complexity index is 4330. The maximum absolute atomic E-state index is 13.5. The minimum absolute atomic E-state index is 0.0810. The summed E-state index contributed by atoms with van der Waals surface area (Å²) in [7, 11) is 4.21. The van der Waals surface area contributed by atoms with E-state index in [2.05, 4.69) is 43.7 Å². The number of piperazine rings is 2. The molecule has 0 spiro atoms. The highest BCUT2D eigenvalue weighted by molar-refractivity contribution is 6.18. The summed E-state index contributed by atoms with van der Waals surface area (Å²) in [6.45, 7) is 14.9. The summed E-state index contributed by atoms with van der Waals surface area (Å²) in [4.78, 5) is 44.7. The van der Waals surface area contributed by atoms with E-state index in [0.717, 1.165) is 85.8 Å². The number of hydrogen-bond donors (Lipinski definition) is 2. The van der Waals surface area contributed by atoms with Crippen LogP contribution in [0.15, 0.2) is 153 Å². The van der Waals surface area contributed by atoms with E-state index in [0.29, 0.717) is 115 Å². The molecule has 0 amide bonds. The molecule has 2 aliphatic rings. The fraction of sp³-hybridized carbons (Fsp3) is 0.306. The highest BCUT2D eigenvalue weighted by Gasteiger charge is 2.37. The van der Waals surface area contributed by atoms with Crippen LogP contribution >= 0.6 is 0 Å². The molecule has 464 valence electrons. The van der Waals surface area contributed by atoms with Gasteiger partial charge in [0.05, 0.1) is 38.5 Å². The first kappa shape index (κ1) is 60.9. The second kappa shape index (κ2) is 26.8. The average Bonchev–Trinajstić information content (AvgIpc) is 1.47. The molecule has 0 saturated carbocycles. The number of esters is 2. The van der Waals surface area contributed by atoms with Crippen LogP contribution in [0, 0.1) is 19.7 Å². The summed E-state index contributed by atoms with van der Waals surface area (Å²) in [5.74, 6) is 1.83. The van der Waals surface area contributed by atoms with Crippen LogP contribution in [0.3, 0.4) is 0 Å². The van der Waals surface area contributed by atoms with Crippen LogP contribution in [0.1, 0.15) is 91.7 Å². The summed E-state index contributed by atoms with van der Waals surface area (Å²) in [6, 6.07) is 34.5. The number of benzene rings is 6. The van der Waals surface area contributed by atoms with Crippen LogP contribution in [-0.4, -0.2) is 145 Å². The van der Waals surface area contributed by atoms with Gasteiger partial charge in [-0.15, -0.1) is 0 Å². The molecule has 2 fully saturated rings. The molecule has 5 aromatic heterocycles. The molecule has 2 aliphatic heterocycles. The number of furan rings is 3. The van der Waals surface area contributed by atoms with Gasteiger partial charge in [-0.25, -0.2) is 14.0 Å². The third kappa shape index (κ3) is 12.4. The fourth-order valence-electron chi connectivity index (χ4n) is 12.7. The van der Waals surface area contributed by atoms with Gasteiger partial charge in [-0.1, -0.05) is 30.3 Å². The summed E-state index contributed by atoms with van der Waals surface area (Å²) in [5.41, 5.74) is 6.60. The number of ether oxygens (including phenoxy) is 4. The maximum Gasteiger partial charge on any atom is 0.342 e. The zero-order valence-corrected chi connectivity index (χ0v) is 51.5. The number of aromatic hydroxyl groups is 2. The number of carbonyl (C=O) groups is 2. The van der Waals surface area contributed by atoms with Crippen LogP contribution in [0.25, 0.3) is 54.5 Å². The number of phenols is 2. The van der Waals surface area contributed by atoms with Crippen molar-refractivity contribution in [3.63, 3.8) is 0 Å². The highest BCUT2D eigenvalue weighted by Crippen LogP contribution is 2.50. The molecule has 13 rings (SSSR count). The van der Waals surface area contributed by atoms with E-state index in [9.17, 15) is 24.2 Å². The van der Waals surface area contributed by atoms with Crippen LogP contribution in [-0.2, 0) is 22.3 Å². The topological polar surface area (TPSA) is 190 Å². The first-order chi connectivity index (χ1) is 43.8. The fourth-order valence-corrected chi connectivity index (χ4v) is 12.7.